The molecule has 0 radical (unpaired) electrons. The van der Waals surface area contributed by atoms with Gasteiger partial charge in [0.1, 0.15) is 0 Å². The number of anilines is 1. The van der Waals surface area contributed by atoms with Crippen molar-refractivity contribution >= 4 is 28.3 Å². The minimum atomic E-state index is -0.595. The van der Waals surface area contributed by atoms with E-state index in [4.69, 9.17) is 0 Å². The van der Waals surface area contributed by atoms with Gasteiger partial charge in [0.15, 0.2) is 5.69 Å². The Hall–Kier alpha value is -3.68. The first-order valence-corrected chi connectivity index (χ1v) is 10.4. The molecule has 8 nitrogen and oxygen atoms in total. The van der Waals surface area contributed by atoms with Gasteiger partial charge in [-0.1, -0.05) is 31.5 Å². The molecule has 2 aromatic carbocycles. The Balaban J connectivity index is 1.72. The number of rotatable bonds is 7. The van der Waals surface area contributed by atoms with Crippen molar-refractivity contribution in [2.45, 2.75) is 33.2 Å². The monoisotopic (exact) mass is 421 g/mol. The van der Waals surface area contributed by atoms with Gasteiger partial charge in [0, 0.05) is 36.8 Å². The zero-order valence-corrected chi connectivity index (χ0v) is 18.0. The molecule has 3 aromatic rings. The lowest BCUT2D eigenvalue weighted by Crippen LogP contribution is -2.42. The van der Waals surface area contributed by atoms with E-state index in [1.54, 1.807) is 43.3 Å². The molecular formula is C23H27N5O3. The molecule has 0 unspecified atom stereocenters. The number of aryl methyl sites for hydroxylation is 1. The minimum absolute atomic E-state index is 0.0743. The van der Waals surface area contributed by atoms with E-state index < -0.39 is 11.8 Å². The van der Waals surface area contributed by atoms with Crippen molar-refractivity contribution in [3.63, 3.8) is 0 Å². The maximum absolute atomic E-state index is 12.7. The normalized spacial score (nSPS) is 10.7. The molecule has 162 valence electrons. The SMILES string of the molecule is CCCCN(C)c1ccc(C(=O)NNC(=O)c2nn(CC)c(=O)c3ccccc23)cc1. The average Bonchev–Trinajstić information content (AvgIpc) is 2.81. The number of nitrogens with one attached hydrogen (secondary N) is 2. The molecule has 1 aromatic heterocycles. The van der Waals surface area contributed by atoms with Gasteiger partial charge in [-0.05, 0) is 43.7 Å². The van der Waals surface area contributed by atoms with Crippen molar-refractivity contribution in [2.75, 3.05) is 18.5 Å². The molecule has 0 spiro atoms. The number of hydrogen-bond donors (Lipinski definition) is 2. The number of amides is 2. The summed E-state index contributed by atoms with van der Waals surface area (Å²) in [4.78, 5) is 39.7. The molecule has 8 heteroatoms. The minimum Gasteiger partial charge on any atom is -0.375 e. The van der Waals surface area contributed by atoms with Gasteiger partial charge in [0.2, 0.25) is 0 Å². The quantitative estimate of drug-likeness (QED) is 0.572. The van der Waals surface area contributed by atoms with Crippen LogP contribution in [0.3, 0.4) is 0 Å². The van der Waals surface area contributed by atoms with E-state index in [-0.39, 0.29) is 11.3 Å². The summed E-state index contributed by atoms with van der Waals surface area (Å²) < 4.78 is 1.23. The molecule has 0 bridgehead atoms. The molecule has 0 atom stereocenters. The zero-order chi connectivity index (χ0) is 22.4. The fourth-order valence-electron chi connectivity index (χ4n) is 3.25. The number of hydrazine groups is 1. The van der Waals surface area contributed by atoms with E-state index in [9.17, 15) is 14.4 Å². The second-order valence-electron chi connectivity index (χ2n) is 7.25. The van der Waals surface area contributed by atoms with Crippen LogP contribution in [-0.2, 0) is 6.54 Å². The van der Waals surface area contributed by atoms with Gasteiger partial charge in [0.25, 0.3) is 17.4 Å². The smallest absolute Gasteiger partial charge is 0.290 e. The van der Waals surface area contributed by atoms with E-state index in [1.165, 1.54) is 4.68 Å². The van der Waals surface area contributed by atoms with Crippen molar-refractivity contribution in [3.05, 3.63) is 70.1 Å². The molecule has 0 fully saturated rings. The summed E-state index contributed by atoms with van der Waals surface area (Å²) in [5.74, 6) is -1.04. The van der Waals surface area contributed by atoms with E-state index in [0.29, 0.717) is 22.9 Å². The Morgan fingerprint density at radius 3 is 2.26 bits per heavy atom. The average molecular weight is 422 g/mol. The number of fused-ring (bicyclic) bond motifs is 1. The second-order valence-corrected chi connectivity index (χ2v) is 7.25. The van der Waals surface area contributed by atoms with Crippen LogP contribution in [0.5, 0.6) is 0 Å². The standard InChI is InChI=1S/C23H27N5O3/c1-4-6-15-27(3)17-13-11-16(12-14-17)21(29)24-25-22(30)20-18-9-7-8-10-19(18)23(31)28(5-2)26-20/h7-14H,4-6,15H2,1-3H3,(H,24,29)(H,25,30). The number of benzene rings is 2. The summed E-state index contributed by atoms with van der Waals surface area (Å²) in [5.41, 5.74) is 6.07. The van der Waals surface area contributed by atoms with Crippen molar-refractivity contribution < 1.29 is 9.59 Å². The summed E-state index contributed by atoms with van der Waals surface area (Å²) in [5, 5.41) is 5.00. The van der Waals surface area contributed by atoms with E-state index in [2.05, 4.69) is 27.8 Å². The molecule has 1 heterocycles. The number of unbranched alkanes of at least 4 members (excludes halogenated alkanes) is 1. The van der Waals surface area contributed by atoms with Crippen molar-refractivity contribution in [1.82, 2.24) is 20.6 Å². The van der Waals surface area contributed by atoms with Crippen molar-refractivity contribution in [2.24, 2.45) is 0 Å². The van der Waals surface area contributed by atoms with Crippen LogP contribution < -0.4 is 21.3 Å². The third-order valence-corrected chi connectivity index (χ3v) is 5.09. The number of nitrogens with zero attached hydrogens (tertiary/aromatic N) is 3. The molecule has 0 saturated carbocycles. The van der Waals surface area contributed by atoms with Crippen LogP contribution in [0.15, 0.2) is 53.3 Å². The number of hydrogen-bond acceptors (Lipinski definition) is 5. The lowest BCUT2D eigenvalue weighted by Gasteiger charge is -2.19. The van der Waals surface area contributed by atoms with Gasteiger partial charge in [0.05, 0.1) is 5.39 Å². The highest BCUT2D eigenvalue weighted by atomic mass is 16.2. The van der Waals surface area contributed by atoms with Gasteiger partial charge in [-0.3, -0.25) is 25.2 Å². The maximum atomic E-state index is 12.7. The second kappa shape index (κ2) is 9.88. The van der Waals surface area contributed by atoms with E-state index in [1.807, 2.05) is 19.2 Å². The van der Waals surface area contributed by atoms with Gasteiger partial charge in [-0.2, -0.15) is 5.10 Å². The summed E-state index contributed by atoms with van der Waals surface area (Å²) in [6.07, 6.45) is 2.21. The first-order chi connectivity index (χ1) is 15.0. The highest BCUT2D eigenvalue weighted by Crippen LogP contribution is 2.15. The van der Waals surface area contributed by atoms with E-state index in [0.717, 1.165) is 25.1 Å². The Labute approximate surface area is 180 Å². The fraction of sp³-hybridized carbons (Fsp3) is 0.304. The van der Waals surface area contributed by atoms with Crippen LogP contribution in [0.25, 0.3) is 10.8 Å². The van der Waals surface area contributed by atoms with Crippen LogP contribution in [-0.4, -0.2) is 35.2 Å². The highest BCUT2D eigenvalue weighted by molar-refractivity contribution is 6.06. The third kappa shape index (κ3) is 4.91. The summed E-state index contributed by atoms with van der Waals surface area (Å²) >= 11 is 0. The van der Waals surface area contributed by atoms with Gasteiger partial charge >= 0.3 is 0 Å². The van der Waals surface area contributed by atoms with Gasteiger partial charge in [-0.15, -0.1) is 0 Å². The largest absolute Gasteiger partial charge is 0.375 e. The van der Waals surface area contributed by atoms with E-state index >= 15 is 0 Å². The number of carbonyl (C=O) groups is 2. The Kier molecular flexibility index (Phi) is 7.02. The topological polar surface area (TPSA) is 96.3 Å². The predicted octanol–water partition coefficient (Wildman–Crippen LogP) is 2.73. The summed E-state index contributed by atoms with van der Waals surface area (Å²) in [7, 11) is 2.01. The number of carbonyl (C=O) groups excluding carboxylic acids is 2. The third-order valence-electron chi connectivity index (χ3n) is 5.09. The van der Waals surface area contributed by atoms with Gasteiger partial charge < -0.3 is 4.90 Å². The Bertz CT molecular complexity index is 1140. The zero-order valence-electron chi connectivity index (χ0n) is 18.0. The van der Waals surface area contributed by atoms with Crippen LogP contribution in [0.1, 0.15) is 47.5 Å². The van der Waals surface area contributed by atoms with Crippen LogP contribution in [0, 0.1) is 0 Å². The molecule has 31 heavy (non-hydrogen) atoms. The molecule has 2 amide bonds. The molecular weight excluding hydrogens is 394 g/mol. The molecule has 0 saturated heterocycles. The Morgan fingerprint density at radius 2 is 1.61 bits per heavy atom. The van der Waals surface area contributed by atoms with Crippen molar-refractivity contribution in [3.8, 4) is 0 Å². The number of aromatic nitrogens is 2. The Morgan fingerprint density at radius 1 is 0.968 bits per heavy atom. The lowest BCUT2D eigenvalue weighted by atomic mass is 10.1. The molecule has 2 N–H and O–H groups in total. The lowest BCUT2D eigenvalue weighted by molar-refractivity contribution is 0.0843. The molecule has 0 aliphatic heterocycles. The summed E-state index contributed by atoms with van der Waals surface area (Å²) in [6.45, 7) is 5.19. The predicted molar refractivity (Wildman–Crippen MR) is 121 cm³/mol. The van der Waals surface area contributed by atoms with Crippen LogP contribution >= 0.6 is 0 Å². The summed E-state index contributed by atoms with van der Waals surface area (Å²) in [6, 6.07) is 13.9. The van der Waals surface area contributed by atoms with Crippen LogP contribution in [0.2, 0.25) is 0 Å². The van der Waals surface area contributed by atoms with Gasteiger partial charge in [-0.25, -0.2) is 4.68 Å². The fourth-order valence-corrected chi connectivity index (χ4v) is 3.25. The first-order valence-electron chi connectivity index (χ1n) is 10.4. The maximum Gasteiger partial charge on any atom is 0.290 e. The molecule has 0 aliphatic carbocycles. The molecule has 0 aliphatic rings. The first kappa shape index (κ1) is 22.0. The van der Waals surface area contributed by atoms with Crippen molar-refractivity contribution in [1.29, 1.82) is 0 Å². The highest BCUT2D eigenvalue weighted by Gasteiger charge is 2.17. The molecule has 3 rings (SSSR count). The van der Waals surface area contributed by atoms with Crippen LogP contribution in [0.4, 0.5) is 5.69 Å².